The molecular formula is C11H20N2O3. The number of carbonyl (C=O) groups is 2. The third-order valence-electron chi connectivity index (χ3n) is 2.95. The summed E-state index contributed by atoms with van der Waals surface area (Å²) in [5, 5.41) is 12.1. The van der Waals surface area contributed by atoms with Crippen molar-refractivity contribution in [2.75, 3.05) is 13.1 Å². The van der Waals surface area contributed by atoms with Gasteiger partial charge in [-0.1, -0.05) is 6.92 Å². The van der Waals surface area contributed by atoms with E-state index in [0.29, 0.717) is 19.5 Å². The number of nitrogens with zero attached hydrogens (tertiary/aromatic N) is 1. The summed E-state index contributed by atoms with van der Waals surface area (Å²) in [4.78, 5) is 24.6. The lowest BCUT2D eigenvalue weighted by Gasteiger charge is -2.32. The number of hydrogen-bond donors (Lipinski definition) is 2. The summed E-state index contributed by atoms with van der Waals surface area (Å²) in [5.74, 6) is -1.03. The van der Waals surface area contributed by atoms with Gasteiger partial charge in [0.2, 0.25) is 5.91 Å². The van der Waals surface area contributed by atoms with Crippen LogP contribution in [-0.2, 0) is 9.59 Å². The minimum absolute atomic E-state index is 0.126. The number of rotatable bonds is 4. The summed E-state index contributed by atoms with van der Waals surface area (Å²) in [7, 11) is 0. The van der Waals surface area contributed by atoms with E-state index in [1.165, 1.54) is 4.90 Å². The molecule has 92 valence electrons. The second-order valence-electron chi connectivity index (χ2n) is 4.65. The van der Waals surface area contributed by atoms with Crippen LogP contribution in [0.25, 0.3) is 0 Å². The van der Waals surface area contributed by atoms with Gasteiger partial charge in [-0.2, -0.15) is 0 Å². The number of likely N-dealkylation sites (N-methyl/N-ethyl adjacent to an activating group) is 1. The predicted molar refractivity (Wildman–Crippen MR) is 60.1 cm³/mol. The number of aliphatic carboxylic acids is 1. The van der Waals surface area contributed by atoms with Gasteiger partial charge in [0.25, 0.3) is 0 Å². The Morgan fingerprint density at radius 3 is 2.62 bits per heavy atom. The van der Waals surface area contributed by atoms with Crippen molar-refractivity contribution < 1.29 is 14.7 Å². The van der Waals surface area contributed by atoms with E-state index in [0.717, 1.165) is 6.42 Å². The Morgan fingerprint density at radius 2 is 2.12 bits per heavy atom. The first-order valence-corrected chi connectivity index (χ1v) is 5.69. The molecule has 1 unspecified atom stereocenters. The van der Waals surface area contributed by atoms with Gasteiger partial charge in [-0.25, -0.2) is 4.79 Å². The molecule has 1 rings (SSSR count). The molecule has 0 aliphatic carbocycles. The zero-order valence-corrected chi connectivity index (χ0v) is 10.1. The monoisotopic (exact) mass is 228 g/mol. The Labute approximate surface area is 95.8 Å². The first-order chi connectivity index (χ1) is 7.40. The van der Waals surface area contributed by atoms with Crippen LogP contribution in [0.4, 0.5) is 0 Å². The van der Waals surface area contributed by atoms with Crippen LogP contribution in [0.5, 0.6) is 0 Å². The summed E-state index contributed by atoms with van der Waals surface area (Å²) in [6.07, 6.45) is 1.33. The van der Waals surface area contributed by atoms with Gasteiger partial charge in [-0.05, 0) is 33.2 Å². The molecule has 5 nitrogen and oxygen atoms in total. The number of likely N-dealkylation sites (tertiary alicyclic amines) is 1. The van der Waals surface area contributed by atoms with Gasteiger partial charge in [-0.15, -0.1) is 0 Å². The molecule has 1 amide bonds. The second kappa shape index (κ2) is 4.82. The molecule has 1 aliphatic heterocycles. The minimum Gasteiger partial charge on any atom is -0.480 e. The highest BCUT2D eigenvalue weighted by Gasteiger charge is 2.40. The summed E-state index contributed by atoms with van der Waals surface area (Å²) in [5.41, 5.74) is -0.688. The maximum atomic E-state index is 12.2. The molecule has 16 heavy (non-hydrogen) atoms. The lowest BCUT2D eigenvalue weighted by molar-refractivity contribution is -0.150. The molecule has 0 saturated carbocycles. The Kier molecular flexibility index (Phi) is 3.91. The predicted octanol–water partition coefficient (Wildman–Crippen LogP) is 0.450. The maximum Gasteiger partial charge on any atom is 0.326 e. The highest BCUT2D eigenvalue weighted by atomic mass is 16.4. The lowest BCUT2D eigenvalue weighted by Crippen LogP contribution is -2.56. The van der Waals surface area contributed by atoms with Crippen LogP contribution in [-0.4, -0.2) is 46.6 Å². The fraction of sp³-hybridized carbons (Fsp3) is 0.818. The van der Waals surface area contributed by atoms with Crippen molar-refractivity contribution in [2.24, 2.45) is 0 Å². The number of carbonyl (C=O) groups excluding carboxylic acids is 1. The SMILES string of the molecule is CCNC(C)(C)C(=O)N1CCCC1C(=O)O. The first kappa shape index (κ1) is 13.0. The van der Waals surface area contributed by atoms with Crippen molar-refractivity contribution in [3.05, 3.63) is 0 Å². The average molecular weight is 228 g/mol. The summed E-state index contributed by atoms with van der Waals surface area (Å²) in [6.45, 7) is 6.73. The van der Waals surface area contributed by atoms with Crippen molar-refractivity contribution in [3.63, 3.8) is 0 Å². The Balaban J connectivity index is 2.76. The van der Waals surface area contributed by atoms with Crippen LogP contribution >= 0.6 is 0 Å². The van der Waals surface area contributed by atoms with E-state index in [4.69, 9.17) is 5.11 Å². The van der Waals surface area contributed by atoms with Gasteiger partial charge in [0.05, 0.1) is 5.54 Å². The number of hydrogen-bond acceptors (Lipinski definition) is 3. The van der Waals surface area contributed by atoms with E-state index in [-0.39, 0.29) is 5.91 Å². The Hall–Kier alpha value is -1.10. The smallest absolute Gasteiger partial charge is 0.326 e. The number of nitrogens with one attached hydrogen (secondary N) is 1. The van der Waals surface area contributed by atoms with Crippen molar-refractivity contribution in [2.45, 2.75) is 45.2 Å². The fourth-order valence-electron chi connectivity index (χ4n) is 2.14. The van der Waals surface area contributed by atoms with Crippen LogP contribution in [0.3, 0.4) is 0 Å². The molecule has 0 aromatic rings. The highest BCUT2D eigenvalue weighted by Crippen LogP contribution is 2.21. The summed E-state index contributed by atoms with van der Waals surface area (Å²) >= 11 is 0. The normalized spacial score (nSPS) is 21.2. The summed E-state index contributed by atoms with van der Waals surface area (Å²) in [6, 6.07) is -0.648. The molecule has 1 heterocycles. The van der Waals surface area contributed by atoms with E-state index in [2.05, 4.69) is 5.32 Å². The maximum absolute atomic E-state index is 12.2. The average Bonchev–Trinajstić information content (AvgIpc) is 2.64. The molecule has 1 aliphatic rings. The van der Waals surface area contributed by atoms with Gasteiger partial charge in [0, 0.05) is 6.54 Å². The standard InChI is InChI=1S/C11H20N2O3/c1-4-12-11(2,3)10(16)13-7-5-6-8(13)9(14)15/h8,12H,4-7H2,1-3H3,(H,14,15). The van der Waals surface area contributed by atoms with Crippen LogP contribution in [0, 0.1) is 0 Å². The van der Waals surface area contributed by atoms with E-state index < -0.39 is 17.6 Å². The fourth-order valence-corrected chi connectivity index (χ4v) is 2.14. The Morgan fingerprint density at radius 1 is 1.50 bits per heavy atom. The first-order valence-electron chi connectivity index (χ1n) is 5.69. The quantitative estimate of drug-likeness (QED) is 0.733. The molecule has 0 aromatic heterocycles. The number of amides is 1. The number of carboxylic acid groups (broad SMARTS) is 1. The van der Waals surface area contributed by atoms with E-state index in [1.807, 2.05) is 6.92 Å². The van der Waals surface area contributed by atoms with E-state index in [1.54, 1.807) is 13.8 Å². The number of carboxylic acids is 1. The lowest BCUT2D eigenvalue weighted by atomic mass is 10.0. The van der Waals surface area contributed by atoms with Crippen LogP contribution in [0.2, 0.25) is 0 Å². The molecular weight excluding hydrogens is 208 g/mol. The van der Waals surface area contributed by atoms with Gasteiger partial charge in [0.1, 0.15) is 6.04 Å². The van der Waals surface area contributed by atoms with Gasteiger partial charge in [0.15, 0.2) is 0 Å². The van der Waals surface area contributed by atoms with Gasteiger partial charge < -0.3 is 15.3 Å². The minimum atomic E-state index is -0.904. The van der Waals surface area contributed by atoms with Crippen molar-refractivity contribution in [1.82, 2.24) is 10.2 Å². The molecule has 1 fully saturated rings. The molecule has 0 bridgehead atoms. The molecule has 5 heteroatoms. The molecule has 0 aromatic carbocycles. The van der Waals surface area contributed by atoms with Gasteiger partial charge >= 0.3 is 5.97 Å². The third kappa shape index (κ3) is 2.52. The van der Waals surface area contributed by atoms with Crippen LogP contribution < -0.4 is 5.32 Å². The Bertz CT molecular complexity index is 289. The molecule has 0 spiro atoms. The zero-order chi connectivity index (χ0) is 12.3. The second-order valence-corrected chi connectivity index (χ2v) is 4.65. The van der Waals surface area contributed by atoms with E-state index >= 15 is 0 Å². The zero-order valence-electron chi connectivity index (χ0n) is 10.1. The molecule has 2 N–H and O–H groups in total. The largest absolute Gasteiger partial charge is 0.480 e. The van der Waals surface area contributed by atoms with Crippen LogP contribution in [0.15, 0.2) is 0 Å². The van der Waals surface area contributed by atoms with Gasteiger partial charge in [-0.3, -0.25) is 4.79 Å². The topological polar surface area (TPSA) is 69.6 Å². The summed E-state index contributed by atoms with van der Waals surface area (Å²) < 4.78 is 0. The van der Waals surface area contributed by atoms with Crippen molar-refractivity contribution in [3.8, 4) is 0 Å². The molecule has 0 radical (unpaired) electrons. The van der Waals surface area contributed by atoms with Crippen molar-refractivity contribution >= 4 is 11.9 Å². The van der Waals surface area contributed by atoms with Crippen LogP contribution in [0.1, 0.15) is 33.6 Å². The molecule has 1 atom stereocenters. The third-order valence-corrected chi connectivity index (χ3v) is 2.95. The van der Waals surface area contributed by atoms with Crippen molar-refractivity contribution in [1.29, 1.82) is 0 Å². The molecule has 1 saturated heterocycles. The highest BCUT2D eigenvalue weighted by molar-refractivity contribution is 5.90. The van der Waals surface area contributed by atoms with E-state index in [9.17, 15) is 9.59 Å².